The van der Waals surface area contributed by atoms with Crippen LogP contribution in [-0.4, -0.2) is 34.7 Å². The molecule has 1 atom stereocenters. The van der Waals surface area contributed by atoms with Crippen molar-refractivity contribution in [1.29, 1.82) is 0 Å². The zero-order valence-electron chi connectivity index (χ0n) is 13.3. The Hall–Kier alpha value is -1.88. The highest BCUT2D eigenvalue weighted by Gasteiger charge is 2.21. The first-order chi connectivity index (χ1) is 10.7. The molecule has 5 heteroatoms. The van der Waals surface area contributed by atoms with Crippen LogP contribution < -0.4 is 5.32 Å². The van der Waals surface area contributed by atoms with Gasteiger partial charge in [-0.1, -0.05) is 49.3 Å². The van der Waals surface area contributed by atoms with Crippen molar-refractivity contribution in [2.24, 2.45) is 0 Å². The summed E-state index contributed by atoms with van der Waals surface area (Å²) < 4.78 is 5.35. The van der Waals surface area contributed by atoms with Crippen molar-refractivity contribution >= 4 is 6.01 Å². The van der Waals surface area contributed by atoms with E-state index in [-0.39, 0.29) is 12.0 Å². The Labute approximate surface area is 131 Å². The third-order valence-electron chi connectivity index (χ3n) is 4.10. The van der Waals surface area contributed by atoms with Crippen molar-refractivity contribution in [3.63, 3.8) is 0 Å². The summed E-state index contributed by atoms with van der Waals surface area (Å²) in [5, 5.41) is 7.45. The number of hydrogen-bond acceptors (Lipinski definition) is 5. The van der Waals surface area contributed by atoms with Gasteiger partial charge in [0.1, 0.15) is 0 Å². The summed E-state index contributed by atoms with van der Waals surface area (Å²) >= 11 is 0. The fourth-order valence-electron chi connectivity index (χ4n) is 2.82. The third-order valence-corrected chi connectivity index (χ3v) is 4.10. The van der Waals surface area contributed by atoms with Crippen LogP contribution in [-0.2, 0) is 0 Å². The van der Waals surface area contributed by atoms with Gasteiger partial charge in [0, 0.05) is 12.5 Å². The van der Waals surface area contributed by atoms with Crippen LogP contribution in [0.15, 0.2) is 34.9 Å². The quantitative estimate of drug-likeness (QED) is 0.885. The number of aromatic nitrogens is 2. The third kappa shape index (κ3) is 3.65. The summed E-state index contributed by atoms with van der Waals surface area (Å²) in [7, 11) is 0. The highest BCUT2D eigenvalue weighted by molar-refractivity contribution is 5.30. The second-order valence-electron chi connectivity index (χ2n) is 6.23. The van der Waals surface area contributed by atoms with E-state index in [2.05, 4.69) is 58.5 Å². The molecule has 1 unspecified atom stereocenters. The van der Waals surface area contributed by atoms with Gasteiger partial charge < -0.3 is 14.7 Å². The molecule has 1 aliphatic rings. The predicted molar refractivity (Wildman–Crippen MR) is 86.9 cm³/mol. The summed E-state index contributed by atoms with van der Waals surface area (Å²) in [5.41, 5.74) is 1.25. The molecule has 2 aromatic rings. The van der Waals surface area contributed by atoms with Crippen LogP contribution in [0.25, 0.3) is 0 Å². The summed E-state index contributed by atoms with van der Waals surface area (Å²) in [5.74, 6) is 1.02. The van der Waals surface area contributed by atoms with Crippen LogP contribution in [0, 0.1) is 0 Å². The number of nitrogens with one attached hydrogen (secondary N) is 1. The lowest BCUT2D eigenvalue weighted by Gasteiger charge is -2.24. The Morgan fingerprint density at radius 3 is 2.55 bits per heavy atom. The van der Waals surface area contributed by atoms with Crippen LogP contribution in [0.4, 0.5) is 6.01 Å². The van der Waals surface area contributed by atoms with E-state index in [1.54, 1.807) is 0 Å². The summed E-state index contributed by atoms with van der Waals surface area (Å²) in [6.45, 7) is 7.43. The van der Waals surface area contributed by atoms with Gasteiger partial charge in [0.05, 0.1) is 6.04 Å². The fourth-order valence-corrected chi connectivity index (χ4v) is 2.82. The summed E-state index contributed by atoms with van der Waals surface area (Å²) in [6.07, 6.45) is 2.58. The van der Waals surface area contributed by atoms with Crippen molar-refractivity contribution in [3.05, 3.63) is 41.7 Å². The molecule has 22 heavy (non-hydrogen) atoms. The van der Waals surface area contributed by atoms with E-state index < -0.39 is 0 Å². The first kappa shape index (κ1) is 15.0. The molecule has 0 amide bonds. The Morgan fingerprint density at radius 1 is 1.18 bits per heavy atom. The SMILES string of the molecule is CC(C)c1noc(NC(CN2CCCC2)c2ccccc2)n1. The minimum atomic E-state index is 0.166. The van der Waals surface area contributed by atoms with Crippen LogP contribution >= 0.6 is 0 Å². The second-order valence-corrected chi connectivity index (χ2v) is 6.23. The van der Waals surface area contributed by atoms with Gasteiger partial charge in [-0.3, -0.25) is 0 Å². The average molecular weight is 300 g/mol. The average Bonchev–Trinajstić information content (AvgIpc) is 3.19. The highest BCUT2D eigenvalue weighted by Crippen LogP contribution is 2.22. The van der Waals surface area contributed by atoms with E-state index in [4.69, 9.17) is 4.52 Å². The molecule has 1 aromatic heterocycles. The molecule has 0 saturated carbocycles. The molecule has 3 rings (SSSR count). The Morgan fingerprint density at radius 2 is 1.91 bits per heavy atom. The summed E-state index contributed by atoms with van der Waals surface area (Å²) in [4.78, 5) is 6.93. The lowest BCUT2D eigenvalue weighted by Crippen LogP contribution is -2.29. The van der Waals surface area contributed by atoms with E-state index in [0.717, 1.165) is 12.4 Å². The minimum absolute atomic E-state index is 0.166. The Kier molecular flexibility index (Phi) is 4.73. The first-order valence-corrected chi connectivity index (χ1v) is 8.10. The molecule has 1 N–H and O–H groups in total. The van der Waals surface area contributed by atoms with Gasteiger partial charge in [-0.25, -0.2) is 0 Å². The van der Waals surface area contributed by atoms with Crippen LogP contribution in [0.3, 0.4) is 0 Å². The molecule has 1 aromatic carbocycles. The number of benzene rings is 1. The standard InChI is InChI=1S/C17H24N4O/c1-13(2)16-19-17(22-20-16)18-15(12-21-10-6-7-11-21)14-8-4-3-5-9-14/h3-5,8-9,13,15H,6-7,10-12H2,1-2H3,(H,18,19,20). The topological polar surface area (TPSA) is 54.2 Å². The minimum Gasteiger partial charge on any atom is -0.330 e. The molecule has 5 nitrogen and oxygen atoms in total. The smallest absolute Gasteiger partial charge is 0.322 e. The number of anilines is 1. The molecule has 1 fully saturated rings. The number of hydrogen-bond donors (Lipinski definition) is 1. The summed E-state index contributed by atoms with van der Waals surface area (Å²) in [6, 6.07) is 11.2. The van der Waals surface area contributed by atoms with E-state index in [1.165, 1.54) is 31.5 Å². The molecule has 2 heterocycles. The molecular weight excluding hydrogens is 276 g/mol. The molecular formula is C17H24N4O. The predicted octanol–water partition coefficient (Wildman–Crippen LogP) is 3.44. The maximum absolute atomic E-state index is 5.35. The van der Waals surface area contributed by atoms with E-state index >= 15 is 0 Å². The molecule has 0 aliphatic carbocycles. The lowest BCUT2D eigenvalue weighted by molar-refractivity contribution is 0.319. The maximum atomic E-state index is 5.35. The van der Waals surface area contributed by atoms with Crippen molar-refractivity contribution in [3.8, 4) is 0 Å². The van der Waals surface area contributed by atoms with E-state index in [0.29, 0.717) is 6.01 Å². The fraction of sp³-hybridized carbons (Fsp3) is 0.529. The van der Waals surface area contributed by atoms with Crippen LogP contribution in [0.2, 0.25) is 0 Å². The molecule has 0 bridgehead atoms. The van der Waals surface area contributed by atoms with Gasteiger partial charge in [0.25, 0.3) is 0 Å². The molecule has 118 valence electrons. The van der Waals surface area contributed by atoms with Crippen LogP contribution in [0.5, 0.6) is 0 Å². The van der Waals surface area contributed by atoms with Crippen molar-refractivity contribution in [1.82, 2.24) is 15.0 Å². The number of likely N-dealkylation sites (tertiary alicyclic amines) is 1. The van der Waals surface area contributed by atoms with Gasteiger partial charge >= 0.3 is 6.01 Å². The lowest BCUT2D eigenvalue weighted by atomic mass is 10.1. The largest absolute Gasteiger partial charge is 0.330 e. The van der Waals surface area contributed by atoms with Gasteiger partial charge in [-0.05, 0) is 31.5 Å². The van der Waals surface area contributed by atoms with Crippen molar-refractivity contribution in [2.75, 3.05) is 25.0 Å². The Balaban J connectivity index is 1.75. The monoisotopic (exact) mass is 300 g/mol. The maximum Gasteiger partial charge on any atom is 0.322 e. The van der Waals surface area contributed by atoms with Crippen molar-refractivity contribution in [2.45, 2.75) is 38.6 Å². The molecule has 0 radical (unpaired) electrons. The van der Waals surface area contributed by atoms with E-state index in [9.17, 15) is 0 Å². The molecule has 0 spiro atoms. The second kappa shape index (κ2) is 6.92. The molecule has 1 saturated heterocycles. The zero-order valence-corrected chi connectivity index (χ0v) is 13.3. The highest BCUT2D eigenvalue weighted by atomic mass is 16.5. The van der Waals surface area contributed by atoms with Gasteiger partial charge in [0.15, 0.2) is 5.82 Å². The van der Waals surface area contributed by atoms with E-state index in [1.807, 2.05) is 6.07 Å². The first-order valence-electron chi connectivity index (χ1n) is 8.10. The number of nitrogens with zero attached hydrogens (tertiary/aromatic N) is 3. The van der Waals surface area contributed by atoms with Crippen molar-refractivity contribution < 1.29 is 4.52 Å². The van der Waals surface area contributed by atoms with Gasteiger partial charge in [0.2, 0.25) is 0 Å². The normalized spacial score (nSPS) is 17.0. The number of rotatable bonds is 6. The molecule has 1 aliphatic heterocycles. The van der Waals surface area contributed by atoms with Gasteiger partial charge in [-0.15, -0.1) is 0 Å². The Bertz CT molecular complexity index is 575. The van der Waals surface area contributed by atoms with Gasteiger partial charge in [-0.2, -0.15) is 4.98 Å². The zero-order chi connectivity index (χ0) is 15.4. The van der Waals surface area contributed by atoms with Crippen LogP contribution in [0.1, 0.15) is 50.0 Å².